The molecule has 0 fully saturated rings. The number of fused-ring (bicyclic) bond motifs is 1. The molecule has 0 aliphatic carbocycles. The smallest absolute Gasteiger partial charge is 0.417 e. The summed E-state index contributed by atoms with van der Waals surface area (Å²) < 4.78 is 73.0. The first-order valence-electron chi connectivity index (χ1n) is 12.8. The van der Waals surface area contributed by atoms with Gasteiger partial charge in [0.25, 0.3) is 0 Å². The summed E-state index contributed by atoms with van der Waals surface area (Å²) in [5.41, 5.74) is 1.39. The van der Waals surface area contributed by atoms with Crippen molar-refractivity contribution in [1.29, 1.82) is 0 Å². The predicted molar refractivity (Wildman–Crippen MR) is 148 cm³/mol. The lowest BCUT2D eigenvalue weighted by Crippen LogP contribution is -2.41. The van der Waals surface area contributed by atoms with Gasteiger partial charge in [0, 0.05) is 24.2 Å². The SMILES string of the molecule is CCCC1(C)CN(C(=O)NCc2ccc(S(=O)(=O)NC)cc2)c2ccc(-c3ccc(OC)cc3C(F)(F)F)cc21. The van der Waals surface area contributed by atoms with Gasteiger partial charge >= 0.3 is 12.2 Å². The van der Waals surface area contributed by atoms with Crippen LogP contribution in [0.25, 0.3) is 11.1 Å². The van der Waals surface area contributed by atoms with Gasteiger partial charge in [-0.3, -0.25) is 4.90 Å². The number of carbonyl (C=O) groups is 1. The highest BCUT2D eigenvalue weighted by molar-refractivity contribution is 7.89. The molecule has 3 aromatic rings. The van der Waals surface area contributed by atoms with E-state index in [1.54, 1.807) is 35.2 Å². The van der Waals surface area contributed by atoms with Crippen LogP contribution in [0.2, 0.25) is 0 Å². The van der Waals surface area contributed by atoms with E-state index in [0.29, 0.717) is 23.4 Å². The number of anilines is 1. The quantitative estimate of drug-likeness (QED) is 0.341. The van der Waals surface area contributed by atoms with Crippen LogP contribution in [-0.2, 0) is 28.2 Å². The summed E-state index contributed by atoms with van der Waals surface area (Å²) >= 11 is 0. The Bertz CT molecular complexity index is 1510. The molecule has 1 heterocycles. The molecule has 214 valence electrons. The van der Waals surface area contributed by atoms with Gasteiger partial charge in [-0.15, -0.1) is 0 Å². The Balaban J connectivity index is 1.63. The molecule has 1 atom stereocenters. The van der Waals surface area contributed by atoms with Crippen molar-refractivity contribution in [2.24, 2.45) is 0 Å². The molecule has 1 unspecified atom stereocenters. The van der Waals surface area contributed by atoms with Gasteiger partial charge in [-0.25, -0.2) is 17.9 Å². The highest BCUT2D eigenvalue weighted by Gasteiger charge is 2.41. The van der Waals surface area contributed by atoms with E-state index in [1.807, 2.05) is 13.8 Å². The zero-order chi connectivity index (χ0) is 29.3. The Kier molecular flexibility index (Phi) is 8.18. The fraction of sp³-hybridized carbons (Fsp3) is 0.345. The van der Waals surface area contributed by atoms with Crippen molar-refractivity contribution in [3.05, 3.63) is 77.4 Å². The van der Waals surface area contributed by atoms with Crippen molar-refractivity contribution in [3.63, 3.8) is 0 Å². The van der Waals surface area contributed by atoms with Crippen LogP contribution in [0.4, 0.5) is 23.7 Å². The van der Waals surface area contributed by atoms with Crippen LogP contribution in [-0.4, -0.2) is 35.2 Å². The van der Waals surface area contributed by atoms with Crippen molar-refractivity contribution < 1.29 is 31.1 Å². The summed E-state index contributed by atoms with van der Waals surface area (Å²) in [4.78, 5) is 15.0. The number of hydrogen-bond donors (Lipinski definition) is 2. The minimum atomic E-state index is -4.57. The number of hydrogen-bond acceptors (Lipinski definition) is 4. The van der Waals surface area contributed by atoms with Gasteiger partial charge in [-0.1, -0.05) is 44.5 Å². The zero-order valence-corrected chi connectivity index (χ0v) is 23.5. The Labute approximate surface area is 232 Å². The average Bonchev–Trinajstić information content (AvgIpc) is 3.23. The molecular formula is C29H32F3N3O4S. The Morgan fingerprint density at radius 3 is 2.38 bits per heavy atom. The lowest BCUT2D eigenvalue weighted by molar-refractivity contribution is -0.137. The number of amides is 2. The number of nitrogens with zero attached hydrogens (tertiary/aromatic N) is 1. The number of carbonyl (C=O) groups excluding carboxylic acids is 1. The van der Waals surface area contributed by atoms with Gasteiger partial charge in [0.05, 0.1) is 17.6 Å². The van der Waals surface area contributed by atoms with E-state index in [9.17, 15) is 26.4 Å². The number of alkyl halides is 3. The minimum absolute atomic E-state index is 0.0431. The second-order valence-corrected chi connectivity index (χ2v) is 11.9. The number of sulfonamides is 1. The number of rotatable bonds is 8. The summed E-state index contributed by atoms with van der Waals surface area (Å²) in [6.07, 6.45) is -3.01. The summed E-state index contributed by atoms with van der Waals surface area (Å²) in [6.45, 7) is 4.60. The fourth-order valence-electron chi connectivity index (χ4n) is 5.20. The third-order valence-corrected chi connectivity index (χ3v) is 8.71. The third-order valence-electron chi connectivity index (χ3n) is 7.28. The summed E-state index contributed by atoms with van der Waals surface area (Å²) in [5, 5.41) is 2.88. The average molecular weight is 576 g/mol. The van der Waals surface area contributed by atoms with E-state index >= 15 is 0 Å². The van der Waals surface area contributed by atoms with E-state index in [2.05, 4.69) is 10.0 Å². The molecule has 0 saturated carbocycles. The van der Waals surface area contributed by atoms with Gasteiger partial charge in [-0.2, -0.15) is 13.2 Å². The van der Waals surface area contributed by atoms with Gasteiger partial charge in [0.2, 0.25) is 10.0 Å². The minimum Gasteiger partial charge on any atom is -0.497 e. The molecule has 0 spiro atoms. The van der Waals surface area contributed by atoms with E-state index in [-0.39, 0.29) is 28.8 Å². The molecule has 1 aliphatic rings. The maximum absolute atomic E-state index is 13.9. The standard InChI is InChI=1S/C29H32F3N3O4S/c1-5-14-28(2)18-35(27(36)34-17-19-6-10-22(11-7-19)40(37,38)33-3)26-13-8-20(15-25(26)28)23-12-9-21(39-4)16-24(23)29(30,31)32/h6-13,15-16,33H,5,14,17-18H2,1-4H3,(H,34,36). The first kappa shape index (κ1) is 29.4. The van der Waals surface area contributed by atoms with Crippen molar-refractivity contribution in [2.75, 3.05) is 25.6 Å². The molecule has 1 aliphatic heterocycles. The monoisotopic (exact) mass is 575 g/mol. The first-order valence-corrected chi connectivity index (χ1v) is 14.3. The highest BCUT2D eigenvalue weighted by Crippen LogP contribution is 2.47. The van der Waals surface area contributed by atoms with Crippen molar-refractivity contribution in [3.8, 4) is 16.9 Å². The lowest BCUT2D eigenvalue weighted by atomic mass is 9.79. The van der Waals surface area contributed by atoms with Crippen LogP contribution < -0.4 is 19.7 Å². The zero-order valence-electron chi connectivity index (χ0n) is 22.7. The molecule has 7 nitrogen and oxygen atoms in total. The largest absolute Gasteiger partial charge is 0.497 e. The molecule has 4 rings (SSSR count). The summed E-state index contributed by atoms with van der Waals surface area (Å²) in [6, 6.07) is 14.8. The van der Waals surface area contributed by atoms with Crippen molar-refractivity contribution in [1.82, 2.24) is 10.0 Å². The second kappa shape index (κ2) is 11.1. The Hall–Kier alpha value is -3.57. The van der Waals surface area contributed by atoms with E-state index in [0.717, 1.165) is 24.5 Å². The molecule has 0 saturated heterocycles. The molecule has 11 heteroatoms. The second-order valence-electron chi connectivity index (χ2n) is 10.0. The van der Waals surface area contributed by atoms with Crippen LogP contribution in [0, 0.1) is 0 Å². The van der Waals surface area contributed by atoms with Crippen molar-refractivity contribution in [2.45, 2.75) is 49.7 Å². The Morgan fingerprint density at radius 2 is 1.77 bits per heavy atom. The predicted octanol–water partition coefficient (Wildman–Crippen LogP) is 6.08. The van der Waals surface area contributed by atoms with Crippen LogP contribution in [0.3, 0.4) is 0 Å². The fourth-order valence-corrected chi connectivity index (χ4v) is 5.93. The number of benzene rings is 3. The molecule has 2 amide bonds. The number of urea groups is 1. The number of ether oxygens (including phenoxy) is 1. The lowest BCUT2D eigenvalue weighted by Gasteiger charge is -2.25. The maximum atomic E-state index is 13.9. The number of methoxy groups -OCH3 is 1. The number of nitrogens with one attached hydrogen (secondary N) is 2. The van der Waals surface area contributed by atoms with Gasteiger partial charge in [0.15, 0.2) is 0 Å². The molecule has 3 aromatic carbocycles. The molecular weight excluding hydrogens is 543 g/mol. The van der Waals surface area contributed by atoms with Crippen molar-refractivity contribution >= 4 is 21.7 Å². The molecule has 2 N–H and O–H groups in total. The third kappa shape index (κ3) is 5.80. The molecule has 0 aromatic heterocycles. The maximum Gasteiger partial charge on any atom is 0.417 e. The van der Waals surface area contributed by atoms with Crippen LogP contribution in [0.1, 0.15) is 43.4 Å². The van der Waals surface area contributed by atoms with E-state index in [4.69, 9.17) is 4.74 Å². The summed E-state index contributed by atoms with van der Waals surface area (Å²) in [7, 11) is -0.908. The highest BCUT2D eigenvalue weighted by atomic mass is 32.2. The number of halogens is 3. The topological polar surface area (TPSA) is 87.7 Å². The Morgan fingerprint density at radius 1 is 1.07 bits per heavy atom. The van der Waals surface area contributed by atoms with E-state index in [1.165, 1.54) is 38.4 Å². The molecule has 0 bridgehead atoms. The van der Waals surface area contributed by atoms with Crippen LogP contribution in [0.15, 0.2) is 65.6 Å². The van der Waals surface area contributed by atoms with Crippen LogP contribution in [0.5, 0.6) is 5.75 Å². The summed E-state index contributed by atoms with van der Waals surface area (Å²) in [5.74, 6) is 0.120. The normalized spacial score (nSPS) is 17.0. The molecule has 40 heavy (non-hydrogen) atoms. The van der Waals surface area contributed by atoms with E-state index < -0.39 is 27.2 Å². The van der Waals surface area contributed by atoms with Crippen LogP contribution >= 0.6 is 0 Å². The first-order chi connectivity index (χ1) is 18.8. The van der Waals surface area contributed by atoms with Gasteiger partial charge in [-0.05, 0) is 72.1 Å². The molecule has 0 radical (unpaired) electrons. The van der Waals surface area contributed by atoms with Gasteiger partial charge < -0.3 is 10.1 Å². The van der Waals surface area contributed by atoms with Gasteiger partial charge in [0.1, 0.15) is 5.75 Å².